The van der Waals surface area contributed by atoms with Crippen LogP contribution in [0.1, 0.15) is 30.1 Å². The molecule has 0 aliphatic carbocycles. The van der Waals surface area contributed by atoms with Crippen molar-refractivity contribution < 1.29 is 14.1 Å². The van der Waals surface area contributed by atoms with Crippen LogP contribution < -0.4 is 0 Å². The molecule has 2 rings (SSSR count). The van der Waals surface area contributed by atoms with Crippen LogP contribution in [0, 0.1) is 21.8 Å². The molecular weight excluding hydrogens is 299 g/mol. The van der Waals surface area contributed by atoms with E-state index in [0.29, 0.717) is 19.0 Å². The Kier molecular flexibility index (Phi) is 4.77. The molecule has 0 aromatic heterocycles. The first-order chi connectivity index (χ1) is 9.90. The minimum atomic E-state index is -0.732. The second-order valence-corrected chi connectivity index (χ2v) is 5.91. The first-order valence-corrected chi connectivity index (χ1v) is 7.21. The van der Waals surface area contributed by atoms with Crippen LogP contribution in [0.25, 0.3) is 0 Å². The molecule has 1 amide bonds. The third kappa shape index (κ3) is 3.50. The van der Waals surface area contributed by atoms with Gasteiger partial charge >= 0.3 is 0 Å². The molecule has 0 N–H and O–H groups in total. The molecular formula is C14H16ClFN2O3. The number of carbonyl (C=O) groups excluding carboxylic acids is 1. The SMILES string of the molecule is CC(Cl)C1CCN(C(=O)c2ccc(F)cc2[N+](=O)[O-])CC1. The van der Waals surface area contributed by atoms with E-state index in [1.54, 1.807) is 4.90 Å². The molecule has 0 bridgehead atoms. The highest BCUT2D eigenvalue weighted by Gasteiger charge is 2.29. The smallest absolute Gasteiger partial charge is 0.285 e. The van der Waals surface area contributed by atoms with E-state index in [0.717, 1.165) is 25.0 Å². The van der Waals surface area contributed by atoms with Gasteiger partial charge in [-0.25, -0.2) is 4.39 Å². The summed E-state index contributed by atoms with van der Waals surface area (Å²) in [7, 11) is 0. The summed E-state index contributed by atoms with van der Waals surface area (Å²) in [6.45, 7) is 2.94. The average Bonchev–Trinajstić information content (AvgIpc) is 2.46. The summed E-state index contributed by atoms with van der Waals surface area (Å²) in [6, 6.07) is 3.01. The van der Waals surface area contributed by atoms with Crippen LogP contribution in [0.5, 0.6) is 0 Å². The highest BCUT2D eigenvalue weighted by atomic mass is 35.5. The van der Waals surface area contributed by atoms with Crippen LogP contribution in [0.3, 0.4) is 0 Å². The number of benzene rings is 1. The molecule has 0 spiro atoms. The van der Waals surface area contributed by atoms with Gasteiger partial charge < -0.3 is 4.90 Å². The second kappa shape index (κ2) is 6.39. The molecule has 1 heterocycles. The largest absolute Gasteiger partial charge is 0.338 e. The maximum absolute atomic E-state index is 13.1. The van der Waals surface area contributed by atoms with Gasteiger partial charge in [0.25, 0.3) is 11.6 Å². The van der Waals surface area contributed by atoms with E-state index >= 15 is 0 Å². The van der Waals surface area contributed by atoms with Gasteiger partial charge in [-0.3, -0.25) is 14.9 Å². The molecule has 5 nitrogen and oxygen atoms in total. The third-order valence-electron chi connectivity index (χ3n) is 3.86. The Morgan fingerprint density at radius 3 is 2.62 bits per heavy atom. The maximum atomic E-state index is 13.1. The standard InChI is InChI=1S/C14H16ClFN2O3/c1-9(15)10-4-6-17(7-5-10)14(19)12-3-2-11(16)8-13(12)18(20)21/h2-3,8-10H,4-7H2,1H3. The van der Waals surface area contributed by atoms with Crippen molar-refractivity contribution in [2.75, 3.05) is 13.1 Å². The first-order valence-electron chi connectivity index (χ1n) is 6.77. The van der Waals surface area contributed by atoms with E-state index in [2.05, 4.69) is 0 Å². The Morgan fingerprint density at radius 1 is 1.48 bits per heavy atom. The number of halogens is 2. The van der Waals surface area contributed by atoms with Crippen LogP contribution in [-0.4, -0.2) is 34.2 Å². The monoisotopic (exact) mass is 314 g/mol. The quantitative estimate of drug-likeness (QED) is 0.489. The molecule has 1 aliphatic rings. The molecule has 21 heavy (non-hydrogen) atoms. The van der Waals surface area contributed by atoms with E-state index in [-0.39, 0.29) is 10.9 Å². The van der Waals surface area contributed by atoms with E-state index in [1.807, 2.05) is 6.92 Å². The molecule has 1 atom stereocenters. The maximum Gasteiger partial charge on any atom is 0.285 e. The molecule has 1 saturated heterocycles. The van der Waals surface area contributed by atoms with E-state index in [9.17, 15) is 19.3 Å². The molecule has 0 radical (unpaired) electrons. The topological polar surface area (TPSA) is 63.5 Å². The summed E-state index contributed by atoms with van der Waals surface area (Å²) in [5.41, 5.74) is -0.563. The van der Waals surface area contributed by atoms with Crippen molar-refractivity contribution in [2.45, 2.75) is 25.1 Å². The Bertz CT molecular complexity index is 557. The summed E-state index contributed by atoms with van der Waals surface area (Å²) >= 11 is 6.05. The fourth-order valence-electron chi connectivity index (χ4n) is 2.57. The molecule has 7 heteroatoms. The van der Waals surface area contributed by atoms with E-state index in [4.69, 9.17) is 11.6 Å². The Morgan fingerprint density at radius 2 is 2.10 bits per heavy atom. The summed E-state index contributed by atoms with van der Waals surface area (Å²) in [6.07, 6.45) is 1.54. The number of carbonyl (C=O) groups is 1. The summed E-state index contributed by atoms with van der Waals surface area (Å²) in [4.78, 5) is 24.2. The number of likely N-dealkylation sites (tertiary alicyclic amines) is 1. The van der Waals surface area contributed by atoms with Gasteiger partial charge in [0.1, 0.15) is 11.4 Å². The number of hydrogen-bond donors (Lipinski definition) is 0. The zero-order valence-electron chi connectivity index (χ0n) is 11.6. The number of nitro benzene ring substituents is 1. The predicted molar refractivity (Wildman–Crippen MR) is 77.0 cm³/mol. The lowest BCUT2D eigenvalue weighted by atomic mass is 9.93. The van der Waals surface area contributed by atoms with E-state index < -0.39 is 22.3 Å². The van der Waals surface area contributed by atoms with Crippen LogP contribution in [-0.2, 0) is 0 Å². The molecule has 1 unspecified atom stereocenters. The number of hydrogen-bond acceptors (Lipinski definition) is 3. The van der Waals surface area contributed by atoms with Crippen LogP contribution in [0.2, 0.25) is 0 Å². The normalized spacial score (nSPS) is 17.6. The summed E-state index contributed by atoms with van der Waals surface area (Å²) < 4.78 is 13.1. The zero-order chi connectivity index (χ0) is 15.6. The highest BCUT2D eigenvalue weighted by molar-refractivity contribution is 6.20. The average molecular weight is 315 g/mol. The predicted octanol–water partition coefficient (Wildman–Crippen LogP) is 3.21. The lowest BCUT2D eigenvalue weighted by molar-refractivity contribution is -0.385. The lowest BCUT2D eigenvalue weighted by Crippen LogP contribution is -2.40. The van der Waals surface area contributed by atoms with Crippen LogP contribution >= 0.6 is 11.6 Å². The van der Waals surface area contributed by atoms with Crippen molar-refractivity contribution in [3.8, 4) is 0 Å². The van der Waals surface area contributed by atoms with Gasteiger partial charge in [-0.15, -0.1) is 11.6 Å². The number of alkyl halides is 1. The van der Waals surface area contributed by atoms with Crippen molar-refractivity contribution >= 4 is 23.2 Å². The van der Waals surface area contributed by atoms with Crippen molar-refractivity contribution in [1.82, 2.24) is 4.90 Å². The van der Waals surface area contributed by atoms with Crippen molar-refractivity contribution in [1.29, 1.82) is 0 Å². The lowest BCUT2D eigenvalue weighted by Gasteiger charge is -2.33. The number of piperidine rings is 1. The second-order valence-electron chi connectivity index (χ2n) is 5.23. The Labute approximate surface area is 126 Å². The summed E-state index contributed by atoms with van der Waals surface area (Å²) in [5, 5.41) is 11.0. The number of rotatable bonds is 3. The third-order valence-corrected chi connectivity index (χ3v) is 4.22. The summed E-state index contributed by atoms with van der Waals surface area (Å²) in [5.74, 6) is -0.811. The van der Waals surface area contributed by atoms with Crippen molar-refractivity contribution in [3.63, 3.8) is 0 Å². The molecule has 114 valence electrons. The number of amides is 1. The van der Waals surface area contributed by atoms with Crippen LogP contribution in [0.4, 0.5) is 10.1 Å². The zero-order valence-corrected chi connectivity index (χ0v) is 12.3. The fourth-order valence-corrected chi connectivity index (χ4v) is 2.82. The van der Waals surface area contributed by atoms with Crippen molar-refractivity contribution in [3.05, 3.63) is 39.7 Å². The van der Waals surface area contributed by atoms with Gasteiger partial charge in [-0.2, -0.15) is 0 Å². The number of nitro groups is 1. The molecule has 1 aromatic rings. The Hall–Kier alpha value is -1.69. The van der Waals surface area contributed by atoms with Crippen LogP contribution in [0.15, 0.2) is 18.2 Å². The molecule has 1 aromatic carbocycles. The van der Waals surface area contributed by atoms with Gasteiger partial charge in [0, 0.05) is 18.5 Å². The molecule has 1 aliphatic heterocycles. The minimum Gasteiger partial charge on any atom is -0.338 e. The van der Waals surface area contributed by atoms with Crippen molar-refractivity contribution in [2.24, 2.45) is 5.92 Å². The van der Waals surface area contributed by atoms with E-state index in [1.165, 1.54) is 6.07 Å². The fraction of sp³-hybridized carbons (Fsp3) is 0.500. The van der Waals surface area contributed by atoms with Gasteiger partial charge in [0.05, 0.1) is 11.0 Å². The Balaban J connectivity index is 2.16. The van der Waals surface area contributed by atoms with Gasteiger partial charge in [0.15, 0.2) is 0 Å². The molecule has 0 saturated carbocycles. The first kappa shape index (κ1) is 15.7. The highest BCUT2D eigenvalue weighted by Crippen LogP contribution is 2.27. The van der Waals surface area contributed by atoms with Gasteiger partial charge in [-0.05, 0) is 37.8 Å². The van der Waals surface area contributed by atoms with Gasteiger partial charge in [-0.1, -0.05) is 0 Å². The van der Waals surface area contributed by atoms with Gasteiger partial charge in [0.2, 0.25) is 0 Å². The molecule has 1 fully saturated rings. The minimum absolute atomic E-state index is 0.0439. The number of nitrogens with zero attached hydrogens (tertiary/aromatic N) is 2.